The van der Waals surface area contributed by atoms with Gasteiger partial charge in [0.15, 0.2) is 0 Å². The SMILES string of the molecule is Clc1ccc(-c2cnn(CC3CCCC3)c2)c(-c2ccc3cccnc3c2)n1. The molecule has 0 radical (unpaired) electrons. The van der Waals surface area contributed by atoms with Gasteiger partial charge in [-0.05, 0) is 43.0 Å². The number of nitrogens with zero attached hydrogens (tertiary/aromatic N) is 4. The highest BCUT2D eigenvalue weighted by Crippen LogP contribution is 2.33. The van der Waals surface area contributed by atoms with Gasteiger partial charge in [-0.2, -0.15) is 5.10 Å². The second kappa shape index (κ2) is 7.36. The van der Waals surface area contributed by atoms with Crippen molar-refractivity contribution >= 4 is 22.5 Å². The summed E-state index contributed by atoms with van der Waals surface area (Å²) in [4.78, 5) is 9.12. The van der Waals surface area contributed by atoms with Gasteiger partial charge in [-0.1, -0.05) is 42.6 Å². The molecule has 0 N–H and O–H groups in total. The maximum Gasteiger partial charge on any atom is 0.129 e. The van der Waals surface area contributed by atoms with Crippen LogP contribution in [0.1, 0.15) is 25.7 Å². The number of halogens is 1. The summed E-state index contributed by atoms with van der Waals surface area (Å²) in [5.74, 6) is 0.752. The molecule has 4 nitrogen and oxygen atoms in total. The molecule has 0 bridgehead atoms. The Hall–Kier alpha value is -2.72. The Bertz CT molecular complexity index is 1130. The average molecular weight is 389 g/mol. The Labute approximate surface area is 169 Å². The van der Waals surface area contributed by atoms with E-state index in [1.165, 1.54) is 25.7 Å². The number of hydrogen-bond donors (Lipinski definition) is 0. The van der Waals surface area contributed by atoms with Crippen LogP contribution in [0.15, 0.2) is 61.1 Å². The van der Waals surface area contributed by atoms with Crippen LogP contribution in [0.5, 0.6) is 0 Å². The van der Waals surface area contributed by atoms with Crippen LogP contribution in [0.25, 0.3) is 33.3 Å². The van der Waals surface area contributed by atoms with Crippen LogP contribution in [0.2, 0.25) is 5.15 Å². The molecule has 1 aliphatic rings. The Morgan fingerprint density at radius 2 is 1.93 bits per heavy atom. The van der Waals surface area contributed by atoms with Crippen molar-refractivity contribution in [3.63, 3.8) is 0 Å². The third-order valence-corrected chi connectivity index (χ3v) is 5.82. The molecule has 4 aromatic rings. The highest BCUT2D eigenvalue weighted by atomic mass is 35.5. The van der Waals surface area contributed by atoms with E-state index in [9.17, 15) is 0 Å². The van der Waals surface area contributed by atoms with Crippen LogP contribution in [0.3, 0.4) is 0 Å². The number of rotatable bonds is 4. The molecule has 1 fully saturated rings. The summed E-state index contributed by atoms with van der Waals surface area (Å²) >= 11 is 6.24. The zero-order chi connectivity index (χ0) is 18.9. The highest BCUT2D eigenvalue weighted by Gasteiger charge is 2.17. The molecule has 1 aliphatic carbocycles. The molecular formula is C23H21ClN4. The Morgan fingerprint density at radius 3 is 2.82 bits per heavy atom. The molecule has 0 spiro atoms. The molecule has 5 heteroatoms. The number of benzene rings is 1. The van der Waals surface area contributed by atoms with Crippen molar-refractivity contribution in [3.8, 4) is 22.4 Å². The molecule has 5 rings (SSSR count). The van der Waals surface area contributed by atoms with Crippen LogP contribution >= 0.6 is 11.6 Å². The zero-order valence-electron chi connectivity index (χ0n) is 15.6. The molecule has 0 saturated heterocycles. The monoisotopic (exact) mass is 388 g/mol. The maximum atomic E-state index is 6.24. The summed E-state index contributed by atoms with van der Waals surface area (Å²) in [7, 11) is 0. The van der Waals surface area contributed by atoms with Crippen LogP contribution in [-0.4, -0.2) is 19.7 Å². The molecule has 140 valence electrons. The molecule has 0 atom stereocenters. The second-order valence-corrected chi connectivity index (χ2v) is 7.93. The molecule has 0 unspecified atom stereocenters. The largest absolute Gasteiger partial charge is 0.272 e. The van der Waals surface area contributed by atoms with Crippen LogP contribution in [0, 0.1) is 5.92 Å². The lowest BCUT2D eigenvalue weighted by Crippen LogP contribution is -2.07. The maximum absolute atomic E-state index is 6.24. The van der Waals surface area contributed by atoms with E-state index in [0.29, 0.717) is 5.15 Å². The van der Waals surface area contributed by atoms with Crippen molar-refractivity contribution < 1.29 is 0 Å². The van der Waals surface area contributed by atoms with E-state index >= 15 is 0 Å². The van der Waals surface area contributed by atoms with Crippen molar-refractivity contribution in [2.45, 2.75) is 32.2 Å². The van der Waals surface area contributed by atoms with E-state index in [1.54, 1.807) is 0 Å². The topological polar surface area (TPSA) is 43.6 Å². The van der Waals surface area contributed by atoms with Gasteiger partial charge in [0.25, 0.3) is 0 Å². The van der Waals surface area contributed by atoms with E-state index in [4.69, 9.17) is 11.6 Å². The average Bonchev–Trinajstić information content (AvgIpc) is 3.40. The molecule has 1 aromatic carbocycles. The molecule has 3 aromatic heterocycles. The quantitative estimate of drug-likeness (QED) is 0.402. The van der Waals surface area contributed by atoms with E-state index in [0.717, 1.165) is 45.7 Å². The van der Waals surface area contributed by atoms with Gasteiger partial charge in [-0.15, -0.1) is 0 Å². The standard InChI is InChI=1S/C23H21ClN4/c24-22-10-9-20(19-13-26-28(15-19)14-16-4-1-2-5-16)23(27-22)18-8-7-17-6-3-11-25-21(17)12-18/h3,6-13,15-16H,1-2,4-5,14H2. The van der Waals surface area contributed by atoms with Gasteiger partial charge in [0, 0.05) is 41.0 Å². The Morgan fingerprint density at radius 1 is 1.04 bits per heavy atom. The van der Waals surface area contributed by atoms with Gasteiger partial charge in [0.05, 0.1) is 17.4 Å². The minimum atomic E-state index is 0.484. The molecule has 1 saturated carbocycles. The molecule has 3 heterocycles. The first-order valence-electron chi connectivity index (χ1n) is 9.81. The zero-order valence-corrected chi connectivity index (χ0v) is 16.3. The van der Waals surface area contributed by atoms with Gasteiger partial charge in [0.2, 0.25) is 0 Å². The van der Waals surface area contributed by atoms with E-state index in [1.807, 2.05) is 30.6 Å². The summed E-state index contributed by atoms with van der Waals surface area (Å²) < 4.78 is 2.08. The van der Waals surface area contributed by atoms with E-state index < -0.39 is 0 Å². The van der Waals surface area contributed by atoms with Crippen molar-refractivity contribution in [2.24, 2.45) is 5.92 Å². The summed E-state index contributed by atoms with van der Waals surface area (Å²) in [6.45, 7) is 0.996. The van der Waals surface area contributed by atoms with Crippen molar-refractivity contribution in [3.05, 3.63) is 66.2 Å². The number of aromatic nitrogens is 4. The highest BCUT2D eigenvalue weighted by molar-refractivity contribution is 6.29. The smallest absolute Gasteiger partial charge is 0.129 e. The first-order valence-corrected chi connectivity index (χ1v) is 10.2. The van der Waals surface area contributed by atoms with Gasteiger partial charge in [0.1, 0.15) is 5.15 Å². The summed E-state index contributed by atoms with van der Waals surface area (Å²) in [5.41, 5.74) is 4.92. The first-order chi connectivity index (χ1) is 13.8. The minimum absolute atomic E-state index is 0.484. The number of fused-ring (bicyclic) bond motifs is 1. The fourth-order valence-electron chi connectivity index (χ4n) is 4.16. The third kappa shape index (κ3) is 3.40. The van der Waals surface area contributed by atoms with Crippen LogP contribution in [-0.2, 0) is 6.54 Å². The third-order valence-electron chi connectivity index (χ3n) is 5.60. The molecule has 28 heavy (non-hydrogen) atoms. The van der Waals surface area contributed by atoms with Crippen molar-refractivity contribution in [1.82, 2.24) is 19.7 Å². The Kier molecular flexibility index (Phi) is 4.57. The summed E-state index contributed by atoms with van der Waals surface area (Å²) in [5, 5.41) is 6.20. The van der Waals surface area contributed by atoms with Gasteiger partial charge >= 0.3 is 0 Å². The predicted octanol–water partition coefficient (Wildman–Crippen LogP) is 6.00. The fourth-order valence-corrected chi connectivity index (χ4v) is 4.31. The number of hydrogen-bond acceptors (Lipinski definition) is 3. The molecule has 0 aliphatic heterocycles. The molecule has 0 amide bonds. The predicted molar refractivity (Wildman–Crippen MR) is 113 cm³/mol. The molecular weight excluding hydrogens is 368 g/mol. The summed E-state index contributed by atoms with van der Waals surface area (Å²) in [6, 6.07) is 14.1. The van der Waals surface area contributed by atoms with Gasteiger partial charge < -0.3 is 0 Å². The second-order valence-electron chi connectivity index (χ2n) is 7.54. The first kappa shape index (κ1) is 17.4. The lowest BCUT2D eigenvalue weighted by Gasteiger charge is -2.10. The normalized spacial score (nSPS) is 14.8. The summed E-state index contributed by atoms with van der Waals surface area (Å²) in [6.07, 6.45) is 11.2. The lowest BCUT2D eigenvalue weighted by atomic mass is 10.0. The van der Waals surface area contributed by atoms with E-state index in [2.05, 4.69) is 50.2 Å². The minimum Gasteiger partial charge on any atom is -0.272 e. The Balaban J connectivity index is 1.54. The van der Waals surface area contributed by atoms with Crippen molar-refractivity contribution in [1.29, 1.82) is 0 Å². The van der Waals surface area contributed by atoms with Crippen LogP contribution in [0.4, 0.5) is 0 Å². The van der Waals surface area contributed by atoms with Gasteiger partial charge in [-0.25, -0.2) is 4.98 Å². The lowest BCUT2D eigenvalue weighted by molar-refractivity contribution is 0.429. The van der Waals surface area contributed by atoms with E-state index in [-0.39, 0.29) is 0 Å². The van der Waals surface area contributed by atoms with Crippen molar-refractivity contribution in [2.75, 3.05) is 0 Å². The number of pyridine rings is 2. The van der Waals surface area contributed by atoms with Crippen LogP contribution < -0.4 is 0 Å². The van der Waals surface area contributed by atoms with Gasteiger partial charge in [-0.3, -0.25) is 9.67 Å². The fraction of sp³-hybridized carbons (Fsp3) is 0.261.